The second kappa shape index (κ2) is 10.8. The number of piperidine rings is 1. The Balaban J connectivity index is 1.89. The highest BCUT2D eigenvalue weighted by atomic mass is 35.5. The molecule has 194 valence electrons. The van der Waals surface area contributed by atoms with Crippen molar-refractivity contribution in [2.75, 3.05) is 25.5 Å². The van der Waals surface area contributed by atoms with Crippen LogP contribution in [0.25, 0.3) is 5.57 Å². The number of benzene rings is 1. The highest BCUT2D eigenvalue weighted by Gasteiger charge is 2.46. The number of carbonyl (C=O) groups excluding carboxylic acids is 1. The van der Waals surface area contributed by atoms with E-state index in [9.17, 15) is 26.7 Å². The van der Waals surface area contributed by atoms with Crippen molar-refractivity contribution in [3.63, 3.8) is 0 Å². The molecular formula is C23H24ClF5N6O. The van der Waals surface area contributed by atoms with Crippen LogP contribution in [0.5, 0.6) is 0 Å². The van der Waals surface area contributed by atoms with Gasteiger partial charge in [-0.1, -0.05) is 30.7 Å². The van der Waals surface area contributed by atoms with Crippen molar-refractivity contribution in [1.29, 1.82) is 0 Å². The fraction of sp³-hybridized carbons (Fsp3) is 0.391. The average Bonchev–Trinajstić information content (AvgIpc) is 2.80. The molecule has 2 aromatic rings. The molecule has 1 fully saturated rings. The summed E-state index contributed by atoms with van der Waals surface area (Å²) in [6, 6.07) is 5.66. The molecule has 0 bridgehead atoms. The lowest BCUT2D eigenvalue weighted by Gasteiger charge is -2.43. The summed E-state index contributed by atoms with van der Waals surface area (Å²) < 4.78 is 67.2. The summed E-state index contributed by atoms with van der Waals surface area (Å²) in [5.41, 5.74) is 5.48. The molecule has 3 rings (SSSR count). The number of aliphatic imine (C=N–C) groups is 1. The van der Waals surface area contributed by atoms with Crippen molar-refractivity contribution < 1.29 is 26.7 Å². The third-order valence-electron chi connectivity index (χ3n) is 5.71. The summed E-state index contributed by atoms with van der Waals surface area (Å²) in [7, 11) is 1.47. The van der Waals surface area contributed by atoms with Gasteiger partial charge >= 0.3 is 6.18 Å². The van der Waals surface area contributed by atoms with E-state index in [1.807, 2.05) is 0 Å². The Morgan fingerprint density at radius 2 is 1.94 bits per heavy atom. The van der Waals surface area contributed by atoms with Gasteiger partial charge in [0.15, 0.2) is 5.69 Å². The molecule has 2 atom stereocenters. The maximum absolute atomic E-state index is 14.5. The molecule has 13 heteroatoms. The Hall–Kier alpha value is -3.28. The standard InChI is InChI=1S/C23H24ClF5N6O/c1-13-7-22(25,26)12-35(17(13)9-33-19-11-32-18(10-34-19)23(27,28)29)21(36)20(30)16(8-31-2)14-3-5-15(24)6-4-14/h3-6,8,10-11,13,17H,7,9,12,30H2,1-2H3,(H,33,34). The van der Waals surface area contributed by atoms with Gasteiger partial charge in [0, 0.05) is 36.8 Å². The lowest BCUT2D eigenvalue weighted by Crippen LogP contribution is -2.58. The van der Waals surface area contributed by atoms with Gasteiger partial charge in [0.2, 0.25) is 0 Å². The van der Waals surface area contributed by atoms with Crippen LogP contribution in [0.1, 0.15) is 24.6 Å². The van der Waals surface area contributed by atoms with Gasteiger partial charge in [-0.2, -0.15) is 13.2 Å². The predicted molar refractivity (Wildman–Crippen MR) is 127 cm³/mol. The zero-order chi connectivity index (χ0) is 26.7. The van der Waals surface area contributed by atoms with Gasteiger partial charge in [-0.05, 0) is 23.6 Å². The van der Waals surface area contributed by atoms with E-state index < -0.39 is 48.6 Å². The van der Waals surface area contributed by atoms with Crippen LogP contribution in [0, 0.1) is 5.92 Å². The van der Waals surface area contributed by atoms with Gasteiger partial charge < -0.3 is 16.0 Å². The number of halogens is 6. The van der Waals surface area contributed by atoms with Crippen molar-refractivity contribution in [2.45, 2.75) is 31.5 Å². The molecule has 1 aliphatic heterocycles. The maximum atomic E-state index is 14.5. The van der Waals surface area contributed by atoms with E-state index in [1.165, 1.54) is 13.3 Å². The Bertz CT molecular complexity index is 1140. The number of nitrogens with zero attached hydrogens (tertiary/aromatic N) is 4. The molecule has 2 unspecified atom stereocenters. The number of carbonyl (C=O) groups is 1. The molecule has 0 radical (unpaired) electrons. The summed E-state index contributed by atoms with van der Waals surface area (Å²) in [5.74, 6) is -4.64. The lowest BCUT2D eigenvalue weighted by atomic mass is 9.88. The summed E-state index contributed by atoms with van der Waals surface area (Å²) in [4.78, 5) is 25.3. The van der Waals surface area contributed by atoms with Gasteiger partial charge in [0.05, 0.1) is 25.0 Å². The van der Waals surface area contributed by atoms with Crippen molar-refractivity contribution in [3.8, 4) is 0 Å². The fourth-order valence-corrected chi connectivity index (χ4v) is 4.11. The number of nitrogens with two attached hydrogens (primary N) is 1. The fourth-order valence-electron chi connectivity index (χ4n) is 3.98. The van der Waals surface area contributed by atoms with Crippen LogP contribution >= 0.6 is 11.6 Å². The zero-order valence-corrected chi connectivity index (χ0v) is 20.1. The molecule has 0 spiro atoms. The first kappa shape index (κ1) is 27.3. The SMILES string of the molecule is CN=CC(=C(N)C(=O)N1CC(F)(F)CC(C)C1CNc1cnc(C(F)(F)F)cn1)c1ccc(Cl)cc1. The van der Waals surface area contributed by atoms with Gasteiger partial charge in [-0.3, -0.25) is 9.79 Å². The van der Waals surface area contributed by atoms with E-state index in [2.05, 4.69) is 20.3 Å². The Labute approximate surface area is 209 Å². The number of rotatable bonds is 6. The number of likely N-dealkylation sites (tertiary alicyclic amines) is 1. The molecule has 0 aliphatic carbocycles. The molecule has 3 N–H and O–H groups in total. The van der Waals surface area contributed by atoms with E-state index in [1.54, 1.807) is 31.2 Å². The smallest absolute Gasteiger partial charge is 0.394 e. The van der Waals surface area contributed by atoms with Crippen LogP contribution in [0.4, 0.5) is 27.8 Å². The summed E-state index contributed by atoms with van der Waals surface area (Å²) in [6.45, 7) is 0.624. The number of nitrogens with one attached hydrogen (secondary N) is 1. The normalized spacial score (nSPS) is 20.8. The minimum Gasteiger partial charge on any atom is -0.394 e. The van der Waals surface area contributed by atoms with E-state index in [-0.39, 0.29) is 23.6 Å². The topological polar surface area (TPSA) is 96.5 Å². The predicted octanol–water partition coefficient (Wildman–Crippen LogP) is 4.50. The zero-order valence-electron chi connectivity index (χ0n) is 19.4. The molecule has 0 saturated carbocycles. The minimum absolute atomic E-state index is 0.00316. The molecule has 1 amide bonds. The Morgan fingerprint density at radius 1 is 1.28 bits per heavy atom. The van der Waals surface area contributed by atoms with Gasteiger partial charge in [0.25, 0.3) is 11.8 Å². The minimum atomic E-state index is -4.65. The second-order valence-corrected chi connectivity index (χ2v) is 8.86. The molecule has 1 saturated heterocycles. The third kappa shape index (κ3) is 6.48. The number of hydrogen-bond donors (Lipinski definition) is 2. The average molecular weight is 531 g/mol. The number of hydrogen-bond acceptors (Lipinski definition) is 6. The van der Waals surface area contributed by atoms with Crippen LogP contribution < -0.4 is 11.1 Å². The van der Waals surface area contributed by atoms with Crippen LogP contribution in [-0.2, 0) is 11.0 Å². The van der Waals surface area contributed by atoms with Crippen molar-refractivity contribution >= 4 is 35.1 Å². The highest BCUT2D eigenvalue weighted by Crippen LogP contribution is 2.35. The van der Waals surface area contributed by atoms with Crippen molar-refractivity contribution in [2.24, 2.45) is 16.6 Å². The summed E-state index contributed by atoms with van der Waals surface area (Å²) in [5, 5.41) is 3.25. The Morgan fingerprint density at radius 3 is 2.50 bits per heavy atom. The number of alkyl halides is 5. The molecule has 36 heavy (non-hydrogen) atoms. The van der Waals surface area contributed by atoms with E-state index in [0.717, 1.165) is 11.1 Å². The Kier molecular flexibility index (Phi) is 8.17. The molecule has 2 heterocycles. The first-order valence-corrected chi connectivity index (χ1v) is 11.2. The van der Waals surface area contributed by atoms with E-state index in [0.29, 0.717) is 16.8 Å². The third-order valence-corrected chi connectivity index (χ3v) is 5.96. The summed E-state index contributed by atoms with van der Waals surface area (Å²) >= 11 is 5.93. The largest absolute Gasteiger partial charge is 0.434 e. The number of aromatic nitrogens is 2. The second-order valence-electron chi connectivity index (χ2n) is 8.42. The van der Waals surface area contributed by atoms with Crippen molar-refractivity contribution in [1.82, 2.24) is 14.9 Å². The van der Waals surface area contributed by atoms with E-state index >= 15 is 0 Å². The van der Waals surface area contributed by atoms with Crippen LogP contribution in [0.3, 0.4) is 0 Å². The van der Waals surface area contributed by atoms with Gasteiger partial charge in [0.1, 0.15) is 11.5 Å². The molecule has 1 aliphatic rings. The number of allylic oxidation sites excluding steroid dienone is 1. The number of anilines is 1. The summed E-state index contributed by atoms with van der Waals surface area (Å²) in [6.07, 6.45) is -2.32. The molecule has 1 aromatic carbocycles. The quantitative estimate of drug-likeness (QED) is 0.326. The highest BCUT2D eigenvalue weighted by molar-refractivity contribution is 6.30. The van der Waals surface area contributed by atoms with Crippen LogP contribution in [0.2, 0.25) is 5.02 Å². The van der Waals surface area contributed by atoms with Crippen molar-refractivity contribution in [3.05, 3.63) is 58.6 Å². The lowest BCUT2D eigenvalue weighted by molar-refractivity contribution is -0.148. The first-order valence-electron chi connectivity index (χ1n) is 10.8. The van der Waals surface area contributed by atoms with E-state index in [4.69, 9.17) is 17.3 Å². The maximum Gasteiger partial charge on any atom is 0.434 e. The number of amides is 1. The first-order chi connectivity index (χ1) is 16.8. The monoisotopic (exact) mass is 530 g/mol. The molecular weight excluding hydrogens is 507 g/mol. The van der Waals surface area contributed by atoms with Crippen LogP contribution in [0.15, 0.2) is 47.3 Å². The van der Waals surface area contributed by atoms with Gasteiger partial charge in [-0.15, -0.1) is 0 Å². The van der Waals surface area contributed by atoms with Crippen LogP contribution in [-0.4, -0.2) is 59.1 Å². The van der Waals surface area contributed by atoms with Gasteiger partial charge in [-0.25, -0.2) is 18.7 Å². The molecule has 1 aromatic heterocycles. The molecule has 7 nitrogen and oxygen atoms in total.